The average molecular weight is 935 g/mol. The van der Waals surface area contributed by atoms with Crippen LogP contribution in [0.2, 0.25) is 0 Å². The number of ether oxygens (including phenoxy) is 6. The molecule has 11 unspecified atom stereocenters. The van der Waals surface area contributed by atoms with Crippen LogP contribution in [0.25, 0.3) is 0 Å². The van der Waals surface area contributed by atoms with Crippen molar-refractivity contribution in [2.75, 3.05) is 26.4 Å². The molecule has 2 heterocycles. The van der Waals surface area contributed by atoms with E-state index in [0.717, 1.165) is 38.5 Å². The van der Waals surface area contributed by atoms with Gasteiger partial charge in [0, 0.05) is 12.8 Å². The lowest BCUT2D eigenvalue weighted by atomic mass is 9.98. The van der Waals surface area contributed by atoms with Gasteiger partial charge in [-0.2, -0.15) is 0 Å². The SMILES string of the molecule is CCCCCCCCCCCCCCCCCCCCC(=O)OC(COC(=O)CCCCCCCCCCCCC)COC1OC(COC2OC(CO)C(O)C(O)C2O)C(O)C(O)C1O. The molecule has 0 aliphatic carbocycles. The van der Waals surface area contributed by atoms with Gasteiger partial charge in [0.15, 0.2) is 18.7 Å². The molecule has 0 aromatic rings. The molecular formula is C50H94O15. The molecular weight excluding hydrogens is 841 g/mol. The van der Waals surface area contributed by atoms with Crippen molar-refractivity contribution >= 4 is 11.9 Å². The highest BCUT2D eigenvalue weighted by Crippen LogP contribution is 2.27. The first kappa shape index (κ1) is 59.6. The minimum absolute atomic E-state index is 0.173. The van der Waals surface area contributed by atoms with E-state index in [4.69, 9.17) is 28.4 Å². The second-order valence-electron chi connectivity index (χ2n) is 18.7. The van der Waals surface area contributed by atoms with Gasteiger partial charge in [-0.3, -0.25) is 9.59 Å². The van der Waals surface area contributed by atoms with E-state index in [-0.39, 0.29) is 26.1 Å². The minimum atomic E-state index is -1.76. The minimum Gasteiger partial charge on any atom is -0.462 e. The van der Waals surface area contributed by atoms with Crippen LogP contribution in [-0.2, 0) is 38.0 Å². The summed E-state index contributed by atoms with van der Waals surface area (Å²) in [6.07, 6.45) is 18.5. The molecule has 0 amide bonds. The van der Waals surface area contributed by atoms with E-state index < -0.39 is 92.7 Å². The fraction of sp³-hybridized carbons (Fsp3) is 0.960. The number of aliphatic hydroxyl groups excluding tert-OH is 7. The summed E-state index contributed by atoms with van der Waals surface area (Å²) < 4.78 is 33.6. The van der Waals surface area contributed by atoms with E-state index in [9.17, 15) is 45.3 Å². The quantitative estimate of drug-likeness (QED) is 0.0237. The Bertz CT molecular complexity index is 1150. The largest absolute Gasteiger partial charge is 0.462 e. The van der Waals surface area contributed by atoms with Crippen molar-refractivity contribution in [3.8, 4) is 0 Å². The summed E-state index contributed by atoms with van der Waals surface area (Å²) in [4.78, 5) is 25.7. The number of hydrogen-bond acceptors (Lipinski definition) is 15. The van der Waals surface area contributed by atoms with E-state index in [0.29, 0.717) is 12.8 Å². The molecule has 0 radical (unpaired) electrons. The Balaban J connectivity index is 1.78. The predicted molar refractivity (Wildman–Crippen MR) is 248 cm³/mol. The van der Waals surface area contributed by atoms with E-state index in [1.54, 1.807) is 0 Å². The smallest absolute Gasteiger partial charge is 0.306 e. The number of carbonyl (C=O) groups excluding carboxylic acids is 2. The molecule has 11 atom stereocenters. The van der Waals surface area contributed by atoms with Crippen LogP contribution in [0.5, 0.6) is 0 Å². The summed E-state index contributed by atoms with van der Waals surface area (Å²) in [6.45, 7) is 2.61. The number of hydrogen-bond donors (Lipinski definition) is 7. The van der Waals surface area contributed by atoms with Crippen LogP contribution in [0.1, 0.15) is 213 Å². The maximum Gasteiger partial charge on any atom is 0.306 e. The fourth-order valence-electron chi connectivity index (χ4n) is 8.51. The second-order valence-corrected chi connectivity index (χ2v) is 18.7. The van der Waals surface area contributed by atoms with Gasteiger partial charge in [-0.15, -0.1) is 0 Å². The first-order valence-corrected chi connectivity index (χ1v) is 26.1. The lowest BCUT2D eigenvalue weighted by molar-refractivity contribution is -0.332. The maximum atomic E-state index is 13.0. The molecule has 15 heteroatoms. The summed E-state index contributed by atoms with van der Waals surface area (Å²) in [5.74, 6) is -0.911. The normalized spacial score (nSPS) is 26.3. The predicted octanol–water partition coefficient (Wildman–Crippen LogP) is 7.22. The highest BCUT2D eigenvalue weighted by atomic mass is 16.7. The lowest BCUT2D eigenvalue weighted by Crippen LogP contribution is -2.61. The van der Waals surface area contributed by atoms with Gasteiger partial charge in [-0.05, 0) is 12.8 Å². The molecule has 0 spiro atoms. The van der Waals surface area contributed by atoms with Crippen LogP contribution >= 0.6 is 0 Å². The van der Waals surface area contributed by atoms with Gasteiger partial charge in [0.25, 0.3) is 0 Å². The van der Waals surface area contributed by atoms with Crippen LogP contribution in [-0.4, -0.2) is 142 Å². The molecule has 2 saturated heterocycles. The monoisotopic (exact) mass is 935 g/mol. The van der Waals surface area contributed by atoms with E-state index >= 15 is 0 Å². The average Bonchev–Trinajstić information content (AvgIpc) is 3.30. The molecule has 2 aliphatic heterocycles. The molecule has 384 valence electrons. The fourth-order valence-corrected chi connectivity index (χ4v) is 8.51. The van der Waals surface area contributed by atoms with Gasteiger partial charge >= 0.3 is 11.9 Å². The Morgan fingerprint density at radius 2 is 0.785 bits per heavy atom. The summed E-state index contributed by atoms with van der Waals surface area (Å²) in [7, 11) is 0. The van der Waals surface area contributed by atoms with Crippen molar-refractivity contribution in [2.45, 2.75) is 280 Å². The molecule has 2 rings (SSSR count). The van der Waals surface area contributed by atoms with E-state index in [1.807, 2.05) is 0 Å². The van der Waals surface area contributed by atoms with Crippen LogP contribution in [0.3, 0.4) is 0 Å². The summed E-state index contributed by atoms with van der Waals surface area (Å²) >= 11 is 0. The lowest BCUT2D eigenvalue weighted by Gasteiger charge is -2.42. The number of carbonyl (C=O) groups is 2. The number of rotatable bonds is 41. The topological polar surface area (TPSA) is 231 Å². The van der Waals surface area contributed by atoms with Crippen LogP contribution in [0, 0.1) is 0 Å². The zero-order chi connectivity index (χ0) is 47.5. The molecule has 0 aromatic heterocycles. The molecule has 0 aromatic carbocycles. The second kappa shape index (κ2) is 38.4. The first-order chi connectivity index (χ1) is 31.5. The van der Waals surface area contributed by atoms with E-state index in [2.05, 4.69) is 13.8 Å². The third-order valence-electron chi connectivity index (χ3n) is 12.8. The summed E-state index contributed by atoms with van der Waals surface area (Å²) in [5, 5.41) is 72.0. The van der Waals surface area contributed by atoms with Gasteiger partial charge in [0.2, 0.25) is 0 Å². The highest BCUT2D eigenvalue weighted by Gasteiger charge is 2.47. The van der Waals surface area contributed by atoms with Gasteiger partial charge < -0.3 is 64.2 Å². The highest BCUT2D eigenvalue weighted by molar-refractivity contribution is 5.70. The Labute approximate surface area is 391 Å². The third kappa shape index (κ3) is 26.7. The Kier molecular flexibility index (Phi) is 35.2. The molecule has 65 heavy (non-hydrogen) atoms. The van der Waals surface area contributed by atoms with Crippen molar-refractivity contribution in [3.05, 3.63) is 0 Å². The summed E-state index contributed by atoms with van der Waals surface area (Å²) in [6, 6.07) is 0. The molecule has 2 fully saturated rings. The van der Waals surface area contributed by atoms with Gasteiger partial charge in [0.05, 0.1) is 19.8 Å². The van der Waals surface area contributed by atoms with Gasteiger partial charge in [0.1, 0.15) is 55.4 Å². The number of unbranched alkanes of at least 4 members (excludes halogenated alkanes) is 27. The van der Waals surface area contributed by atoms with Crippen molar-refractivity contribution in [1.29, 1.82) is 0 Å². The van der Waals surface area contributed by atoms with Gasteiger partial charge in [-0.1, -0.05) is 187 Å². The molecule has 0 saturated carbocycles. The van der Waals surface area contributed by atoms with Crippen molar-refractivity contribution in [3.63, 3.8) is 0 Å². The van der Waals surface area contributed by atoms with Crippen LogP contribution in [0.15, 0.2) is 0 Å². The standard InChI is InChI=1S/C50H94O15/c1-3-5-7-9-11-13-15-16-17-18-19-20-21-23-25-27-29-31-33-42(53)63-38(35-60-41(52)32-30-28-26-24-22-14-12-10-8-6-4-2)36-61-49-48(59)46(57)44(55)40(65-49)37-62-50-47(58)45(56)43(54)39(34-51)64-50/h38-40,43-51,54-59H,3-37H2,1-2H3. The Hall–Kier alpha value is -1.50. The molecule has 7 N–H and O–H groups in total. The Morgan fingerprint density at radius 1 is 0.431 bits per heavy atom. The zero-order valence-electron chi connectivity index (χ0n) is 40.5. The molecule has 15 nitrogen and oxygen atoms in total. The maximum absolute atomic E-state index is 13.0. The summed E-state index contributed by atoms with van der Waals surface area (Å²) in [5.41, 5.74) is 0. The third-order valence-corrected chi connectivity index (χ3v) is 12.8. The number of aliphatic hydroxyl groups is 7. The van der Waals surface area contributed by atoms with E-state index in [1.165, 1.54) is 135 Å². The van der Waals surface area contributed by atoms with Crippen LogP contribution < -0.4 is 0 Å². The first-order valence-electron chi connectivity index (χ1n) is 26.1. The Morgan fingerprint density at radius 3 is 1.20 bits per heavy atom. The zero-order valence-corrected chi connectivity index (χ0v) is 40.5. The number of esters is 2. The van der Waals surface area contributed by atoms with Gasteiger partial charge in [-0.25, -0.2) is 0 Å². The van der Waals surface area contributed by atoms with Crippen molar-refractivity contribution in [2.24, 2.45) is 0 Å². The molecule has 0 bridgehead atoms. The van der Waals surface area contributed by atoms with Crippen molar-refractivity contribution < 1.29 is 73.8 Å². The molecule has 2 aliphatic rings. The van der Waals surface area contributed by atoms with Crippen molar-refractivity contribution in [1.82, 2.24) is 0 Å². The van der Waals surface area contributed by atoms with Crippen LogP contribution in [0.4, 0.5) is 0 Å².